The number of nitrogen functional groups attached to an aromatic ring is 1. The van der Waals surface area contributed by atoms with Crippen LogP contribution in [0.5, 0.6) is 0 Å². The Morgan fingerprint density at radius 2 is 2.19 bits per heavy atom. The summed E-state index contributed by atoms with van der Waals surface area (Å²) in [5, 5.41) is 0. The maximum atomic E-state index is 5.92. The molecule has 118 valence electrons. The first-order chi connectivity index (χ1) is 10.2. The molecule has 0 bridgehead atoms. The molecule has 0 saturated heterocycles. The first-order valence-corrected chi connectivity index (χ1v) is 7.62. The van der Waals surface area contributed by atoms with E-state index in [0.717, 1.165) is 18.3 Å². The van der Waals surface area contributed by atoms with E-state index in [1.807, 2.05) is 13.0 Å². The van der Waals surface area contributed by atoms with Crippen molar-refractivity contribution < 1.29 is 9.47 Å². The van der Waals surface area contributed by atoms with Crippen LogP contribution < -0.4 is 10.6 Å². The van der Waals surface area contributed by atoms with Gasteiger partial charge in [-0.15, -0.1) is 0 Å². The zero-order chi connectivity index (χ0) is 15.2. The molecule has 0 amide bonds. The van der Waals surface area contributed by atoms with Gasteiger partial charge in [-0.25, -0.2) is 9.97 Å². The highest BCUT2D eigenvalue weighted by molar-refractivity contribution is 5.48. The van der Waals surface area contributed by atoms with Gasteiger partial charge in [-0.2, -0.15) is 0 Å². The fourth-order valence-electron chi connectivity index (χ4n) is 2.46. The molecule has 6 heteroatoms. The van der Waals surface area contributed by atoms with Crippen LogP contribution in [0.25, 0.3) is 0 Å². The summed E-state index contributed by atoms with van der Waals surface area (Å²) in [6, 6.07) is 2.28. The zero-order valence-electron chi connectivity index (χ0n) is 13.2. The van der Waals surface area contributed by atoms with E-state index in [0.29, 0.717) is 37.5 Å². The Labute approximate surface area is 126 Å². The molecule has 2 rings (SSSR count). The number of methoxy groups -OCH3 is 1. The number of nitrogens with zero attached hydrogens (tertiary/aromatic N) is 3. The lowest BCUT2D eigenvalue weighted by Gasteiger charge is -2.30. The highest BCUT2D eigenvalue weighted by atomic mass is 16.5. The second-order valence-corrected chi connectivity index (χ2v) is 5.47. The largest absolute Gasteiger partial charge is 0.384 e. The Morgan fingerprint density at radius 1 is 1.43 bits per heavy atom. The molecule has 6 nitrogen and oxygen atoms in total. The first kappa shape index (κ1) is 16.0. The fraction of sp³-hybridized carbons (Fsp3) is 0.733. The molecule has 1 unspecified atom stereocenters. The van der Waals surface area contributed by atoms with Gasteiger partial charge < -0.3 is 20.1 Å². The van der Waals surface area contributed by atoms with Crippen molar-refractivity contribution in [2.75, 3.05) is 37.5 Å². The smallest absolute Gasteiger partial charge is 0.158 e. The van der Waals surface area contributed by atoms with Crippen LogP contribution >= 0.6 is 0 Å². The highest BCUT2D eigenvalue weighted by Gasteiger charge is 2.32. The third-order valence-electron chi connectivity index (χ3n) is 3.84. The molecule has 0 aromatic carbocycles. The van der Waals surface area contributed by atoms with Gasteiger partial charge in [-0.3, -0.25) is 0 Å². The third kappa shape index (κ3) is 4.54. The Kier molecular flexibility index (Phi) is 5.76. The minimum absolute atomic E-state index is 0.393. The standard InChI is InChI=1S/C15H26N4O2/c1-4-21-10-14-17-13(16)9-15(18-14)19(7-8-20-3)11(2)12-5-6-12/h9,11-12H,4-8,10H2,1-3H3,(H2,16,17,18). The van der Waals surface area contributed by atoms with E-state index in [1.54, 1.807) is 7.11 Å². The van der Waals surface area contributed by atoms with Crippen LogP contribution in [0.15, 0.2) is 6.07 Å². The summed E-state index contributed by atoms with van der Waals surface area (Å²) in [6.45, 7) is 6.70. The van der Waals surface area contributed by atoms with E-state index in [9.17, 15) is 0 Å². The van der Waals surface area contributed by atoms with Crippen LogP contribution in [0.3, 0.4) is 0 Å². The molecule has 1 aromatic heterocycles. The quantitative estimate of drug-likeness (QED) is 0.749. The molecule has 1 aliphatic rings. The van der Waals surface area contributed by atoms with Crippen molar-refractivity contribution in [3.05, 3.63) is 11.9 Å². The number of aromatic nitrogens is 2. The van der Waals surface area contributed by atoms with E-state index >= 15 is 0 Å². The van der Waals surface area contributed by atoms with E-state index in [4.69, 9.17) is 15.2 Å². The second-order valence-electron chi connectivity index (χ2n) is 5.47. The topological polar surface area (TPSA) is 73.5 Å². The lowest BCUT2D eigenvalue weighted by Crippen LogP contribution is -2.38. The number of nitrogens with two attached hydrogens (primary N) is 1. The number of hydrogen-bond acceptors (Lipinski definition) is 6. The first-order valence-electron chi connectivity index (χ1n) is 7.62. The summed E-state index contributed by atoms with van der Waals surface area (Å²) in [6.07, 6.45) is 2.58. The SMILES string of the molecule is CCOCc1nc(N)cc(N(CCOC)C(C)C2CC2)n1. The van der Waals surface area contributed by atoms with Gasteiger partial charge in [-0.1, -0.05) is 0 Å². The predicted octanol–water partition coefficient (Wildman–Crippen LogP) is 1.85. The molecule has 21 heavy (non-hydrogen) atoms. The van der Waals surface area contributed by atoms with Crippen LogP contribution in [0.4, 0.5) is 11.6 Å². The minimum Gasteiger partial charge on any atom is -0.384 e. The van der Waals surface area contributed by atoms with E-state index in [-0.39, 0.29) is 0 Å². The summed E-state index contributed by atoms with van der Waals surface area (Å²) in [7, 11) is 1.72. The van der Waals surface area contributed by atoms with Crippen molar-refractivity contribution in [3.8, 4) is 0 Å². The summed E-state index contributed by atoms with van der Waals surface area (Å²) in [5.41, 5.74) is 5.92. The lowest BCUT2D eigenvalue weighted by atomic mass is 10.2. The summed E-state index contributed by atoms with van der Waals surface area (Å²) in [5.74, 6) is 2.74. The van der Waals surface area contributed by atoms with Crippen molar-refractivity contribution in [3.63, 3.8) is 0 Å². The number of rotatable bonds is 9. The van der Waals surface area contributed by atoms with Gasteiger partial charge in [0.15, 0.2) is 5.82 Å². The average Bonchev–Trinajstić information content (AvgIpc) is 3.29. The van der Waals surface area contributed by atoms with Crippen molar-refractivity contribution >= 4 is 11.6 Å². The number of ether oxygens (including phenoxy) is 2. The van der Waals surface area contributed by atoms with Crippen LogP contribution in [0.2, 0.25) is 0 Å². The molecular formula is C15H26N4O2. The Balaban J connectivity index is 2.18. The van der Waals surface area contributed by atoms with E-state index < -0.39 is 0 Å². The van der Waals surface area contributed by atoms with Crippen LogP contribution in [0, 0.1) is 5.92 Å². The number of hydrogen-bond donors (Lipinski definition) is 1. The van der Waals surface area contributed by atoms with Crippen LogP contribution in [0.1, 0.15) is 32.5 Å². The van der Waals surface area contributed by atoms with Gasteiger partial charge in [0.05, 0.1) is 6.61 Å². The molecule has 1 aliphatic carbocycles. The van der Waals surface area contributed by atoms with E-state index in [2.05, 4.69) is 21.8 Å². The van der Waals surface area contributed by atoms with Crippen LogP contribution in [-0.2, 0) is 16.1 Å². The highest BCUT2D eigenvalue weighted by Crippen LogP contribution is 2.36. The molecule has 1 saturated carbocycles. The zero-order valence-corrected chi connectivity index (χ0v) is 13.2. The van der Waals surface area contributed by atoms with Gasteiger partial charge in [-0.05, 0) is 32.6 Å². The minimum atomic E-state index is 0.393. The fourth-order valence-corrected chi connectivity index (χ4v) is 2.46. The third-order valence-corrected chi connectivity index (χ3v) is 3.84. The van der Waals surface area contributed by atoms with Gasteiger partial charge in [0.25, 0.3) is 0 Å². The Bertz CT molecular complexity index is 451. The Morgan fingerprint density at radius 3 is 2.81 bits per heavy atom. The van der Waals surface area contributed by atoms with Crippen molar-refractivity contribution in [2.24, 2.45) is 5.92 Å². The monoisotopic (exact) mass is 294 g/mol. The maximum absolute atomic E-state index is 5.92. The summed E-state index contributed by atoms with van der Waals surface area (Å²) in [4.78, 5) is 11.1. The molecule has 1 heterocycles. The average molecular weight is 294 g/mol. The number of anilines is 2. The van der Waals surface area contributed by atoms with Crippen molar-refractivity contribution in [1.82, 2.24) is 9.97 Å². The van der Waals surface area contributed by atoms with Crippen molar-refractivity contribution in [2.45, 2.75) is 39.3 Å². The Hall–Kier alpha value is -1.40. The molecule has 0 spiro atoms. The normalized spacial score (nSPS) is 16.0. The van der Waals surface area contributed by atoms with Gasteiger partial charge in [0.2, 0.25) is 0 Å². The lowest BCUT2D eigenvalue weighted by molar-refractivity contribution is 0.128. The van der Waals surface area contributed by atoms with Crippen LogP contribution in [-0.4, -0.2) is 42.9 Å². The predicted molar refractivity (Wildman–Crippen MR) is 83.2 cm³/mol. The van der Waals surface area contributed by atoms with Gasteiger partial charge in [0, 0.05) is 32.4 Å². The van der Waals surface area contributed by atoms with E-state index in [1.165, 1.54) is 12.8 Å². The second kappa shape index (κ2) is 7.56. The molecular weight excluding hydrogens is 268 g/mol. The molecule has 1 aromatic rings. The maximum Gasteiger partial charge on any atom is 0.158 e. The molecule has 2 N–H and O–H groups in total. The van der Waals surface area contributed by atoms with Crippen molar-refractivity contribution in [1.29, 1.82) is 0 Å². The van der Waals surface area contributed by atoms with Gasteiger partial charge >= 0.3 is 0 Å². The molecule has 0 aliphatic heterocycles. The molecule has 1 atom stereocenters. The van der Waals surface area contributed by atoms with Gasteiger partial charge in [0.1, 0.15) is 18.2 Å². The molecule has 1 fully saturated rings. The molecule has 0 radical (unpaired) electrons. The summed E-state index contributed by atoms with van der Waals surface area (Å²) < 4.78 is 10.6. The summed E-state index contributed by atoms with van der Waals surface area (Å²) >= 11 is 0.